The molecule has 1 aliphatic rings. The first kappa shape index (κ1) is 18.6. The Balaban J connectivity index is 1.48. The molecule has 2 N–H and O–H groups in total. The van der Waals surface area contributed by atoms with Crippen molar-refractivity contribution in [3.63, 3.8) is 0 Å². The van der Waals surface area contributed by atoms with Crippen LogP contribution < -0.4 is 15.5 Å². The molecule has 1 fully saturated rings. The molecule has 0 spiro atoms. The largest absolute Gasteiger partial charge is 0.372 e. The number of nitrogens with zero attached hydrogens (tertiary/aromatic N) is 3. The van der Waals surface area contributed by atoms with Crippen LogP contribution in [0.15, 0.2) is 54.6 Å². The summed E-state index contributed by atoms with van der Waals surface area (Å²) in [7, 11) is 0. The maximum Gasteiger partial charge on any atom is 0.229 e. The van der Waals surface area contributed by atoms with Crippen LogP contribution in [0.1, 0.15) is 25.0 Å². The van der Waals surface area contributed by atoms with Crippen molar-refractivity contribution in [2.75, 3.05) is 28.6 Å². The van der Waals surface area contributed by atoms with Crippen molar-refractivity contribution < 1.29 is 0 Å². The molecule has 0 unspecified atom stereocenters. The SMILES string of the molecule is Cc1cc(Nc2ccc(N3CCCCC3)cc2)nc(Nc2ccccc2Cl)n1. The van der Waals surface area contributed by atoms with E-state index in [4.69, 9.17) is 11.6 Å². The van der Waals surface area contributed by atoms with Crippen molar-refractivity contribution in [1.29, 1.82) is 0 Å². The van der Waals surface area contributed by atoms with E-state index < -0.39 is 0 Å². The van der Waals surface area contributed by atoms with Crippen molar-refractivity contribution >= 4 is 40.4 Å². The third-order valence-electron chi connectivity index (χ3n) is 4.84. The number of anilines is 5. The van der Waals surface area contributed by atoms with Gasteiger partial charge in [0.2, 0.25) is 5.95 Å². The van der Waals surface area contributed by atoms with Crippen LogP contribution in [-0.2, 0) is 0 Å². The van der Waals surface area contributed by atoms with E-state index in [9.17, 15) is 0 Å². The summed E-state index contributed by atoms with van der Waals surface area (Å²) >= 11 is 6.22. The average Bonchev–Trinajstić information content (AvgIpc) is 2.71. The maximum absolute atomic E-state index is 6.22. The summed E-state index contributed by atoms with van der Waals surface area (Å²) in [5, 5.41) is 7.20. The van der Waals surface area contributed by atoms with E-state index in [2.05, 4.69) is 49.8 Å². The van der Waals surface area contributed by atoms with Crippen LogP contribution in [0.3, 0.4) is 0 Å². The monoisotopic (exact) mass is 393 g/mol. The molecule has 0 amide bonds. The summed E-state index contributed by atoms with van der Waals surface area (Å²) in [5.74, 6) is 1.26. The topological polar surface area (TPSA) is 53.1 Å². The van der Waals surface area contributed by atoms with Crippen LogP contribution in [0, 0.1) is 6.92 Å². The molecular weight excluding hydrogens is 370 g/mol. The molecular formula is C22H24ClN5. The molecule has 0 radical (unpaired) electrons. The second kappa shape index (κ2) is 8.48. The molecule has 2 aromatic carbocycles. The van der Waals surface area contributed by atoms with Gasteiger partial charge in [-0.2, -0.15) is 4.98 Å². The third-order valence-corrected chi connectivity index (χ3v) is 5.17. The van der Waals surface area contributed by atoms with Gasteiger partial charge in [-0.1, -0.05) is 23.7 Å². The van der Waals surface area contributed by atoms with Gasteiger partial charge < -0.3 is 15.5 Å². The first-order chi connectivity index (χ1) is 13.7. The van der Waals surface area contributed by atoms with Gasteiger partial charge in [-0.3, -0.25) is 0 Å². The van der Waals surface area contributed by atoms with Gasteiger partial charge in [0.05, 0.1) is 10.7 Å². The third kappa shape index (κ3) is 4.54. The normalized spacial score (nSPS) is 14.0. The maximum atomic E-state index is 6.22. The summed E-state index contributed by atoms with van der Waals surface area (Å²) in [5.41, 5.74) is 3.94. The minimum absolute atomic E-state index is 0.514. The van der Waals surface area contributed by atoms with Crippen LogP contribution in [0.4, 0.5) is 28.8 Å². The zero-order valence-electron chi connectivity index (χ0n) is 16.0. The van der Waals surface area contributed by atoms with E-state index in [-0.39, 0.29) is 0 Å². The number of halogens is 1. The lowest BCUT2D eigenvalue weighted by atomic mass is 10.1. The van der Waals surface area contributed by atoms with E-state index in [1.807, 2.05) is 37.3 Å². The second-order valence-corrected chi connectivity index (χ2v) is 7.45. The fourth-order valence-corrected chi connectivity index (χ4v) is 3.61. The van der Waals surface area contributed by atoms with Crippen molar-refractivity contribution in [2.24, 2.45) is 0 Å². The fraction of sp³-hybridized carbons (Fsp3) is 0.273. The summed E-state index contributed by atoms with van der Waals surface area (Å²) in [6.07, 6.45) is 3.90. The standard InChI is InChI=1S/C22H24ClN5/c1-16-15-21(27-22(24-16)26-20-8-4-3-7-19(20)23)25-17-9-11-18(12-10-17)28-13-5-2-6-14-28/h3-4,7-12,15H,2,5-6,13-14H2,1H3,(H2,24,25,26,27). The number of hydrogen-bond acceptors (Lipinski definition) is 5. The van der Waals surface area contributed by atoms with Crippen LogP contribution in [0.25, 0.3) is 0 Å². The Hall–Kier alpha value is -2.79. The number of piperidine rings is 1. The predicted molar refractivity (Wildman–Crippen MR) is 117 cm³/mol. The smallest absolute Gasteiger partial charge is 0.229 e. The van der Waals surface area contributed by atoms with Gasteiger partial charge in [-0.15, -0.1) is 0 Å². The molecule has 0 aliphatic carbocycles. The van der Waals surface area contributed by atoms with Gasteiger partial charge in [0.1, 0.15) is 5.82 Å². The van der Waals surface area contributed by atoms with Crippen LogP contribution in [0.2, 0.25) is 5.02 Å². The van der Waals surface area contributed by atoms with Gasteiger partial charge in [0.15, 0.2) is 0 Å². The van der Waals surface area contributed by atoms with Gasteiger partial charge in [0.25, 0.3) is 0 Å². The van der Waals surface area contributed by atoms with Crippen LogP contribution >= 0.6 is 11.6 Å². The van der Waals surface area contributed by atoms with Crippen molar-refractivity contribution in [3.05, 3.63) is 65.3 Å². The molecule has 0 saturated carbocycles. The summed E-state index contributed by atoms with van der Waals surface area (Å²) in [6.45, 7) is 4.24. The number of rotatable bonds is 5. The number of benzene rings is 2. The fourth-order valence-electron chi connectivity index (χ4n) is 3.43. The molecule has 6 heteroatoms. The van der Waals surface area contributed by atoms with Gasteiger partial charge in [-0.25, -0.2) is 4.98 Å². The van der Waals surface area contributed by atoms with Gasteiger partial charge in [0, 0.05) is 36.2 Å². The number of hydrogen-bond donors (Lipinski definition) is 2. The zero-order valence-corrected chi connectivity index (χ0v) is 16.7. The molecule has 0 bridgehead atoms. The molecule has 1 aromatic heterocycles. The minimum atomic E-state index is 0.514. The van der Waals surface area contributed by atoms with Crippen molar-refractivity contribution in [3.8, 4) is 0 Å². The quantitative estimate of drug-likeness (QED) is 0.563. The minimum Gasteiger partial charge on any atom is -0.372 e. The van der Waals surface area contributed by atoms with Crippen molar-refractivity contribution in [1.82, 2.24) is 9.97 Å². The Bertz CT molecular complexity index is 936. The predicted octanol–water partition coefficient (Wildman–Crippen LogP) is 5.92. The zero-order chi connectivity index (χ0) is 19.3. The number of para-hydroxylation sites is 1. The van der Waals surface area contributed by atoms with E-state index in [0.717, 1.165) is 36.0 Å². The molecule has 4 rings (SSSR count). The molecule has 28 heavy (non-hydrogen) atoms. The van der Waals surface area contributed by atoms with E-state index in [0.29, 0.717) is 11.0 Å². The Labute approximate surface area is 170 Å². The molecule has 1 aliphatic heterocycles. The summed E-state index contributed by atoms with van der Waals surface area (Å²) < 4.78 is 0. The molecule has 5 nitrogen and oxygen atoms in total. The number of nitrogens with one attached hydrogen (secondary N) is 2. The molecule has 1 saturated heterocycles. The highest BCUT2D eigenvalue weighted by atomic mass is 35.5. The second-order valence-electron chi connectivity index (χ2n) is 7.04. The van der Waals surface area contributed by atoms with E-state index >= 15 is 0 Å². The summed E-state index contributed by atoms with van der Waals surface area (Å²) in [4.78, 5) is 11.5. The lowest BCUT2D eigenvalue weighted by Crippen LogP contribution is -2.29. The highest BCUT2D eigenvalue weighted by Gasteiger charge is 2.11. The van der Waals surface area contributed by atoms with Gasteiger partial charge in [-0.05, 0) is 62.6 Å². The highest BCUT2D eigenvalue weighted by molar-refractivity contribution is 6.33. The van der Waals surface area contributed by atoms with Crippen LogP contribution in [0.5, 0.6) is 0 Å². The number of aromatic nitrogens is 2. The lowest BCUT2D eigenvalue weighted by Gasteiger charge is -2.28. The first-order valence-electron chi connectivity index (χ1n) is 9.67. The van der Waals surface area contributed by atoms with E-state index in [1.165, 1.54) is 24.9 Å². The van der Waals surface area contributed by atoms with Gasteiger partial charge >= 0.3 is 0 Å². The lowest BCUT2D eigenvalue weighted by molar-refractivity contribution is 0.578. The van der Waals surface area contributed by atoms with Crippen LogP contribution in [-0.4, -0.2) is 23.1 Å². The summed E-state index contributed by atoms with van der Waals surface area (Å²) in [6, 6.07) is 18.0. The molecule has 3 aromatic rings. The van der Waals surface area contributed by atoms with E-state index in [1.54, 1.807) is 0 Å². The first-order valence-corrected chi connectivity index (χ1v) is 10.0. The Morgan fingerprint density at radius 1 is 0.893 bits per heavy atom. The molecule has 144 valence electrons. The highest BCUT2D eigenvalue weighted by Crippen LogP contribution is 2.26. The molecule has 0 atom stereocenters. The Morgan fingerprint density at radius 2 is 1.64 bits per heavy atom. The Morgan fingerprint density at radius 3 is 2.39 bits per heavy atom. The Kier molecular flexibility index (Phi) is 5.63. The average molecular weight is 394 g/mol. The van der Waals surface area contributed by atoms with Crippen molar-refractivity contribution in [2.45, 2.75) is 26.2 Å². The molecule has 2 heterocycles. The number of aryl methyl sites for hydroxylation is 1.